The maximum absolute atomic E-state index is 12.5. The number of hydrogen-bond acceptors (Lipinski definition) is 3. The highest BCUT2D eigenvalue weighted by Gasteiger charge is 2.12. The number of nitrogens with one attached hydrogen (secondary N) is 1. The van der Waals surface area contributed by atoms with E-state index < -0.39 is 5.76 Å². The predicted octanol–water partition coefficient (Wildman–Crippen LogP) is 4.29. The van der Waals surface area contributed by atoms with Crippen molar-refractivity contribution in [3.63, 3.8) is 0 Å². The number of para-hydroxylation sites is 3. The molecule has 134 valence electrons. The van der Waals surface area contributed by atoms with Crippen molar-refractivity contribution >= 4 is 22.7 Å². The summed E-state index contributed by atoms with van der Waals surface area (Å²) in [5, 5.41) is 2.95. The van der Waals surface area contributed by atoms with Gasteiger partial charge in [-0.15, -0.1) is 0 Å². The average Bonchev–Trinajstić information content (AvgIpc) is 3.02. The number of hydrogen-bond donors (Lipinski definition) is 1. The van der Waals surface area contributed by atoms with Gasteiger partial charge in [0.15, 0.2) is 5.58 Å². The number of carbonyl (C=O) groups is 1. The first-order valence-corrected chi connectivity index (χ1v) is 8.75. The van der Waals surface area contributed by atoms with Gasteiger partial charge in [-0.25, -0.2) is 4.79 Å². The zero-order valence-electron chi connectivity index (χ0n) is 14.6. The van der Waals surface area contributed by atoms with Gasteiger partial charge >= 0.3 is 5.76 Å². The molecule has 0 spiro atoms. The van der Waals surface area contributed by atoms with E-state index in [1.807, 2.05) is 72.8 Å². The van der Waals surface area contributed by atoms with Crippen LogP contribution in [0.3, 0.4) is 0 Å². The molecule has 0 aliphatic rings. The number of fused-ring (bicyclic) bond motifs is 1. The van der Waals surface area contributed by atoms with Gasteiger partial charge in [0, 0.05) is 24.2 Å². The molecule has 4 rings (SSSR count). The van der Waals surface area contributed by atoms with E-state index in [9.17, 15) is 9.59 Å². The molecule has 1 amide bonds. The molecule has 0 bridgehead atoms. The molecule has 0 saturated carbocycles. The monoisotopic (exact) mass is 358 g/mol. The molecular formula is C22H18N2O3. The van der Waals surface area contributed by atoms with E-state index in [-0.39, 0.29) is 18.9 Å². The largest absolute Gasteiger partial charge is 0.419 e. The minimum atomic E-state index is -0.450. The first-order chi connectivity index (χ1) is 13.2. The van der Waals surface area contributed by atoms with Crippen LogP contribution in [0.1, 0.15) is 6.42 Å². The van der Waals surface area contributed by atoms with E-state index in [0.717, 1.165) is 16.8 Å². The van der Waals surface area contributed by atoms with E-state index in [4.69, 9.17) is 4.42 Å². The molecule has 3 aromatic carbocycles. The summed E-state index contributed by atoms with van der Waals surface area (Å²) in [6.07, 6.45) is 0.173. The van der Waals surface area contributed by atoms with Gasteiger partial charge in [0.2, 0.25) is 5.91 Å². The van der Waals surface area contributed by atoms with Gasteiger partial charge in [-0.3, -0.25) is 9.36 Å². The Labute approximate surface area is 155 Å². The zero-order valence-corrected chi connectivity index (χ0v) is 14.6. The van der Waals surface area contributed by atoms with Crippen molar-refractivity contribution in [3.05, 3.63) is 89.4 Å². The number of nitrogens with zero attached hydrogens (tertiary/aromatic N) is 1. The van der Waals surface area contributed by atoms with Crippen LogP contribution in [0.2, 0.25) is 0 Å². The minimum absolute atomic E-state index is 0.157. The number of aromatic nitrogens is 1. The summed E-state index contributed by atoms with van der Waals surface area (Å²) >= 11 is 0. The lowest BCUT2D eigenvalue weighted by molar-refractivity contribution is -0.116. The summed E-state index contributed by atoms with van der Waals surface area (Å²) in [6.45, 7) is 0.259. The smallest absolute Gasteiger partial charge is 0.408 e. The Kier molecular flexibility index (Phi) is 4.58. The lowest BCUT2D eigenvalue weighted by Crippen LogP contribution is -2.20. The maximum Gasteiger partial charge on any atom is 0.419 e. The Morgan fingerprint density at radius 2 is 1.59 bits per heavy atom. The van der Waals surface area contributed by atoms with E-state index in [1.54, 1.807) is 6.07 Å². The van der Waals surface area contributed by atoms with Gasteiger partial charge in [0.1, 0.15) is 0 Å². The molecule has 0 atom stereocenters. The second kappa shape index (κ2) is 7.33. The molecule has 1 aromatic heterocycles. The van der Waals surface area contributed by atoms with Crippen LogP contribution in [0.25, 0.3) is 22.2 Å². The zero-order chi connectivity index (χ0) is 18.6. The maximum atomic E-state index is 12.5. The number of oxazole rings is 1. The van der Waals surface area contributed by atoms with Crippen LogP contribution in [0.15, 0.2) is 88.1 Å². The van der Waals surface area contributed by atoms with Crippen LogP contribution >= 0.6 is 0 Å². The van der Waals surface area contributed by atoms with Crippen molar-refractivity contribution in [1.29, 1.82) is 0 Å². The molecule has 0 aliphatic heterocycles. The quantitative estimate of drug-likeness (QED) is 0.579. The van der Waals surface area contributed by atoms with Gasteiger partial charge in [-0.05, 0) is 23.8 Å². The van der Waals surface area contributed by atoms with Crippen molar-refractivity contribution < 1.29 is 9.21 Å². The molecule has 4 aromatic rings. The Hall–Kier alpha value is -3.60. The summed E-state index contributed by atoms with van der Waals surface area (Å²) in [5.74, 6) is -0.607. The third kappa shape index (κ3) is 3.53. The number of amides is 1. The lowest BCUT2D eigenvalue weighted by atomic mass is 10.0. The normalized spacial score (nSPS) is 10.8. The minimum Gasteiger partial charge on any atom is -0.408 e. The van der Waals surface area contributed by atoms with Crippen LogP contribution in [0.5, 0.6) is 0 Å². The molecule has 0 fully saturated rings. The highest BCUT2D eigenvalue weighted by Crippen LogP contribution is 2.27. The van der Waals surface area contributed by atoms with Crippen molar-refractivity contribution in [3.8, 4) is 11.1 Å². The number of rotatable bonds is 5. The second-order valence-corrected chi connectivity index (χ2v) is 6.20. The van der Waals surface area contributed by atoms with Crippen LogP contribution in [0.4, 0.5) is 5.69 Å². The summed E-state index contributed by atoms with van der Waals surface area (Å²) in [7, 11) is 0. The summed E-state index contributed by atoms with van der Waals surface area (Å²) in [4.78, 5) is 24.5. The number of aryl methyl sites for hydroxylation is 1. The molecule has 5 heteroatoms. The van der Waals surface area contributed by atoms with E-state index >= 15 is 0 Å². The van der Waals surface area contributed by atoms with Gasteiger partial charge in [-0.2, -0.15) is 0 Å². The van der Waals surface area contributed by atoms with Crippen molar-refractivity contribution in [2.45, 2.75) is 13.0 Å². The summed E-state index contributed by atoms with van der Waals surface area (Å²) < 4.78 is 6.69. The molecule has 0 aliphatic carbocycles. The Morgan fingerprint density at radius 3 is 2.44 bits per heavy atom. The van der Waals surface area contributed by atoms with Crippen molar-refractivity contribution in [2.75, 3.05) is 5.32 Å². The van der Waals surface area contributed by atoms with Crippen LogP contribution < -0.4 is 11.1 Å². The molecule has 0 saturated heterocycles. The van der Waals surface area contributed by atoms with Crippen LogP contribution in [-0.4, -0.2) is 10.5 Å². The fraction of sp³-hybridized carbons (Fsp3) is 0.0909. The number of benzene rings is 3. The fourth-order valence-electron chi connectivity index (χ4n) is 3.11. The second-order valence-electron chi connectivity index (χ2n) is 6.20. The number of anilines is 1. The predicted molar refractivity (Wildman–Crippen MR) is 106 cm³/mol. The average molecular weight is 358 g/mol. The van der Waals surface area contributed by atoms with Crippen molar-refractivity contribution in [2.24, 2.45) is 0 Å². The SMILES string of the molecule is O=C(CCn1c(=O)oc2ccccc21)Nc1ccccc1-c1ccccc1. The van der Waals surface area contributed by atoms with Crippen LogP contribution in [0, 0.1) is 0 Å². The lowest BCUT2D eigenvalue weighted by Gasteiger charge is -2.11. The topological polar surface area (TPSA) is 64.2 Å². The summed E-state index contributed by atoms with van der Waals surface area (Å²) in [6, 6.07) is 24.7. The first-order valence-electron chi connectivity index (χ1n) is 8.75. The van der Waals surface area contributed by atoms with E-state index in [2.05, 4.69) is 5.32 Å². The third-order valence-corrected chi connectivity index (χ3v) is 4.42. The fourth-order valence-corrected chi connectivity index (χ4v) is 3.11. The molecule has 0 radical (unpaired) electrons. The molecule has 1 heterocycles. The van der Waals surface area contributed by atoms with Crippen LogP contribution in [-0.2, 0) is 11.3 Å². The highest BCUT2D eigenvalue weighted by atomic mass is 16.4. The highest BCUT2D eigenvalue weighted by molar-refractivity contribution is 5.95. The molecule has 27 heavy (non-hydrogen) atoms. The molecular weight excluding hydrogens is 340 g/mol. The molecule has 5 nitrogen and oxygen atoms in total. The van der Waals surface area contributed by atoms with Crippen molar-refractivity contribution in [1.82, 2.24) is 4.57 Å². The molecule has 0 unspecified atom stereocenters. The third-order valence-electron chi connectivity index (χ3n) is 4.42. The van der Waals surface area contributed by atoms with Gasteiger partial charge < -0.3 is 9.73 Å². The Balaban J connectivity index is 1.51. The standard InChI is InChI=1S/C22H18N2O3/c25-21(14-15-24-19-12-6-7-13-20(19)27-22(24)26)23-18-11-5-4-10-17(18)16-8-2-1-3-9-16/h1-13H,14-15H2,(H,23,25). The summed E-state index contributed by atoms with van der Waals surface area (Å²) in [5.41, 5.74) is 3.96. The Morgan fingerprint density at radius 1 is 0.889 bits per heavy atom. The van der Waals surface area contributed by atoms with E-state index in [1.165, 1.54) is 4.57 Å². The molecule has 1 N–H and O–H groups in total. The van der Waals surface area contributed by atoms with Gasteiger partial charge in [-0.1, -0.05) is 60.7 Å². The van der Waals surface area contributed by atoms with Gasteiger partial charge in [0.05, 0.1) is 5.52 Å². The van der Waals surface area contributed by atoms with E-state index in [0.29, 0.717) is 11.1 Å². The number of carbonyl (C=O) groups excluding carboxylic acids is 1. The van der Waals surface area contributed by atoms with Gasteiger partial charge in [0.25, 0.3) is 0 Å². The first kappa shape index (κ1) is 16.8. The Bertz CT molecular complexity index is 1140.